The second kappa shape index (κ2) is 7.53. The average molecular weight is 306 g/mol. The maximum atomic E-state index is 11.6. The lowest BCUT2D eigenvalue weighted by Crippen LogP contribution is -2.41. The lowest BCUT2D eigenvalue weighted by molar-refractivity contribution is 0.247. The third-order valence-electron chi connectivity index (χ3n) is 3.33. The Morgan fingerprint density at radius 3 is 2.41 bits per heavy atom. The molecular formula is C15H22N4O3. The number of urea groups is 1. The van der Waals surface area contributed by atoms with E-state index in [1.807, 2.05) is 18.2 Å². The van der Waals surface area contributed by atoms with E-state index in [1.54, 1.807) is 21.3 Å². The number of guanidine groups is 1. The smallest absolute Gasteiger partial charge is 0.321 e. The summed E-state index contributed by atoms with van der Waals surface area (Å²) >= 11 is 0. The number of para-hydroxylation sites is 1. The van der Waals surface area contributed by atoms with Gasteiger partial charge in [-0.3, -0.25) is 10.3 Å². The molecule has 0 bridgehead atoms. The topological polar surface area (TPSA) is 84.0 Å². The summed E-state index contributed by atoms with van der Waals surface area (Å²) in [5, 5.41) is 8.28. The number of methoxy groups -OCH3 is 2. The first-order valence-electron chi connectivity index (χ1n) is 7.19. The van der Waals surface area contributed by atoms with Crippen molar-refractivity contribution >= 4 is 17.7 Å². The molecule has 0 saturated heterocycles. The van der Waals surface area contributed by atoms with E-state index in [4.69, 9.17) is 9.47 Å². The molecule has 0 atom stereocenters. The van der Waals surface area contributed by atoms with E-state index >= 15 is 0 Å². The van der Waals surface area contributed by atoms with Gasteiger partial charge in [-0.25, -0.2) is 4.79 Å². The number of amides is 2. The molecule has 1 aromatic carbocycles. The molecule has 0 aromatic heterocycles. The largest absolute Gasteiger partial charge is 0.494 e. The van der Waals surface area contributed by atoms with Gasteiger partial charge in [0.2, 0.25) is 5.96 Å². The number of benzene rings is 1. The zero-order valence-electron chi connectivity index (χ0n) is 13.1. The zero-order valence-corrected chi connectivity index (χ0v) is 13.1. The third-order valence-corrected chi connectivity index (χ3v) is 3.33. The molecule has 120 valence electrons. The van der Waals surface area contributed by atoms with Gasteiger partial charge in [-0.15, -0.1) is 0 Å². The first kappa shape index (κ1) is 15.9. The van der Waals surface area contributed by atoms with Crippen molar-refractivity contribution in [3.05, 3.63) is 18.2 Å². The van der Waals surface area contributed by atoms with E-state index in [-0.39, 0.29) is 6.03 Å². The van der Waals surface area contributed by atoms with Crippen molar-refractivity contribution in [1.29, 1.82) is 0 Å². The third kappa shape index (κ3) is 4.28. The number of hydrogen-bond acceptors (Lipinski definition) is 4. The van der Waals surface area contributed by atoms with Gasteiger partial charge in [-0.05, 0) is 30.9 Å². The Morgan fingerprint density at radius 1 is 1.27 bits per heavy atom. The first-order valence-corrected chi connectivity index (χ1v) is 7.19. The Morgan fingerprint density at radius 2 is 1.91 bits per heavy atom. The van der Waals surface area contributed by atoms with Gasteiger partial charge in [0.05, 0.1) is 14.2 Å². The molecule has 2 amide bonds. The van der Waals surface area contributed by atoms with Crippen molar-refractivity contribution in [2.75, 3.05) is 33.1 Å². The minimum absolute atomic E-state index is 0.337. The van der Waals surface area contributed by atoms with Crippen molar-refractivity contribution in [2.24, 2.45) is 10.9 Å². The summed E-state index contributed by atoms with van der Waals surface area (Å²) in [5.74, 6) is 2.20. The Kier molecular flexibility index (Phi) is 5.46. The number of aliphatic imine (C=N–C) groups is 1. The van der Waals surface area contributed by atoms with E-state index in [2.05, 4.69) is 20.9 Å². The highest BCUT2D eigenvalue weighted by Gasteiger charge is 2.21. The maximum Gasteiger partial charge on any atom is 0.321 e. The number of nitrogens with zero attached hydrogens (tertiary/aromatic N) is 1. The fourth-order valence-corrected chi connectivity index (χ4v) is 1.89. The van der Waals surface area contributed by atoms with Crippen LogP contribution in [0.4, 0.5) is 10.5 Å². The molecule has 0 spiro atoms. The van der Waals surface area contributed by atoms with Crippen molar-refractivity contribution in [2.45, 2.75) is 12.8 Å². The SMILES string of the molecule is CNC(=O)NC(=NCC1CC1)Nc1c(OC)cccc1OC. The number of nitrogens with one attached hydrogen (secondary N) is 3. The molecule has 22 heavy (non-hydrogen) atoms. The fraction of sp³-hybridized carbons (Fsp3) is 0.467. The highest BCUT2D eigenvalue weighted by molar-refractivity contribution is 6.05. The fourth-order valence-electron chi connectivity index (χ4n) is 1.89. The van der Waals surface area contributed by atoms with Crippen LogP contribution >= 0.6 is 0 Å². The van der Waals surface area contributed by atoms with Gasteiger partial charge in [0.25, 0.3) is 0 Å². The first-order chi connectivity index (χ1) is 10.7. The van der Waals surface area contributed by atoms with Gasteiger partial charge < -0.3 is 20.1 Å². The van der Waals surface area contributed by atoms with Crippen LogP contribution in [0.5, 0.6) is 11.5 Å². The van der Waals surface area contributed by atoms with Gasteiger partial charge in [0.15, 0.2) is 0 Å². The molecule has 1 saturated carbocycles. The summed E-state index contributed by atoms with van der Waals surface area (Å²) < 4.78 is 10.7. The predicted octanol–water partition coefficient (Wildman–Crippen LogP) is 1.81. The summed E-state index contributed by atoms with van der Waals surface area (Å²) in [5.41, 5.74) is 0.624. The quantitative estimate of drug-likeness (QED) is 0.572. The summed E-state index contributed by atoms with van der Waals surface area (Å²) in [7, 11) is 4.71. The number of carbonyl (C=O) groups is 1. The number of rotatable bonds is 5. The van der Waals surface area contributed by atoms with E-state index in [0.29, 0.717) is 35.6 Å². The van der Waals surface area contributed by atoms with E-state index in [9.17, 15) is 4.79 Å². The Bertz CT molecular complexity index is 533. The zero-order chi connectivity index (χ0) is 15.9. The average Bonchev–Trinajstić information content (AvgIpc) is 3.36. The van der Waals surface area contributed by atoms with Crippen LogP contribution in [0.3, 0.4) is 0 Å². The summed E-state index contributed by atoms with van der Waals surface area (Å²) in [6.07, 6.45) is 2.38. The highest BCUT2D eigenvalue weighted by Crippen LogP contribution is 2.34. The van der Waals surface area contributed by atoms with Crippen LogP contribution in [0, 0.1) is 5.92 Å². The Balaban J connectivity index is 2.21. The lowest BCUT2D eigenvalue weighted by atomic mass is 10.2. The van der Waals surface area contributed by atoms with Crippen molar-refractivity contribution < 1.29 is 14.3 Å². The molecule has 1 fully saturated rings. The Hall–Kier alpha value is -2.44. The van der Waals surface area contributed by atoms with E-state index < -0.39 is 0 Å². The molecular weight excluding hydrogens is 284 g/mol. The van der Waals surface area contributed by atoms with Crippen molar-refractivity contribution in [1.82, 2.24) is 10.6 Å². The molecule has 0 heterocycles. The molecule has 1 aliphatic rings. The summed E-state index contributed by atoms with van der Waals surface area (Å²) in [6.45, 7) is 0.684. The molecule has 7 heteroatoms. The standard InChI is InChI=1S/C15H22N4O3/c1-16-15(20)19-14(17-9-10-7-8-10)18-13-11(21-2)5-4-6-12(13)22-3/h4-6,10H,7-9H2,1-3H3,(H3,16,17,18,19,20). The minimum atomic E-state index is -0.337. The second-order valence-electron chi connectivity index (χ2n) is 5.00. The number of anilines is 1. The molecule has 0 aliphatic heterocycles. The van der Waals surface area contributed by atoms with Crippen LogP contribution in [0.25, 0.3) is 0 Å². The van der Waals surface area contributed by atoms with Crippen LogP contribution < -0.4 is 25.4 Å². The van der Waals surface area contributed by atoms with Gasteiger partial charge in [0.1, 0.15) is 17.2 Å². The van der Waals surface area contributed by atoms with Gasteiger partial charge in [-0.1, -0.05) is 6.07 Å². The minimum Gasteiger partial charge on any atom is -0.494 e. The van der Waals surface area contributed by atoms with Crippen LogP contribution in [0.15, 0.2) is 23.2 Å². The molecule has 2 rings (SSSR count). The number of hydrogen-bond donors (Lipinski definition) is 3. The molecule has 0 unspecified atom stereocenters. The van der Waals surface area contributed by atoms with Crippen molar-refractivity contribution in [3.8, 4) is 11.5 Å². The van der Waals surface area contributed by atoms with Crippen molar-refractivity contribution in [3.63, 3.8) is 0 Å². The summed E-state index contributed by atoms with van der Waals surface area (Å²) in [6, 6.07) is 5.11. The predicted molar refractivity (Wildman–Crippen MR) is 85.8 cm³/mol. The normalized spacial score (nSPS) is 14.2. The molecule has 1 aromatic rings. The lowest BCUT2D eigenvalue weighted by Gasteiger charge is -2.16. The van der Waals surface area contributed by atoms with E-state index in [1.165, 1.54) is 12.8 Å². The summed E-state index contributed by atoms with van der Waals surface area (Å²) in [4.78, 5) is 16.0. The monoisotopic (exact) mass is 306 g/mol. The van der Waals surface area contributed by atoms with Gasteiger partial charge in [-0.2, -0.15) is 0 Å². The molecule has 3 N–H and O–H groups in total. The second-order valence-corrected chi connectivity index (χ2v) is 5.00. The number of ether oxygens (including phenoxy) is 2. The molecule has 0 radical (unpaired) electrons. The van der Waals surface area contributed by atoms with Gasteiger partial charge >= 0.3 is 6.03 Å². The van der Waals surface area contributed by atoms with Crippen LogP contribution in [0.1, 0.15) is 12.8 Å². The Labute approximate surface area is 130 Å². The molecule has 1 aliphatic carbocycles. The molecule has 7 nitrogen and oxygen atoms in total. The maximum absolute atomic E-state index is 11.6. The van der Waals surface area contributed by atoms with Crippen LogP contribution in [-0.2, 0) is 0 Å². The van der Waals surface area contributed by atoms with Gasteiger partial charge in [0, 0.05) is 13.6 Å². The highest BCUT2D eigenvalue weighted by atomic mass is 16.5. The van der Waals surface area contributed by atoms with E-state index in [0.717, 1.165) is 0 Å². The van der Waals surface area contributed by atoms with Crippen LogP contribution in [-0.4, -0.2) is 39.8 Å². The van der Waals surface area contributed by atoms with Crippen LogP contribution in [0.2, 0.25) is 0 Å². The number of carbonyl (C=O) groups excluding carboxylic acids is 1.